The average molecular weight is 399 g/mol. The minimum absolute atomic E-state index is 0.0761. The van der Waals surface area contributed by atoms with E-state index in [0.717, 1.165) is 38.5 Å². The van der Waals surface area contributed by atoms with Crippen molar-refractivity contribution in [3.8, 4) is 0 Å². The van der Waals surface area contributed by atoms with Crippen molar-refractivity contribution in [2.24, 2.45) is 34.5 Å². The van der Waals surface area contributed by atoms with Crippen molar-refractivity contribution in [3.63, 3.8) is 0 Å². The molecular weight excluding hydrogens is 352 g/mol. The van der Waals surface area contributed by atoms with Gasteiger partial charge in [0.25, 0.3) is 0 Å². The van der Waals surface area contributed by atoms with Gasteiger partial charge in [0.05, 0.1) is 26.1 Å². The van der Waals surface area contributed by atoms with Crippen LogP contribution in [0.5, 0.6) is 0 Å². The van der Waals surface area contributed by atoms with Crippen molar-refractivity contribution in [3.05, 3.63) is 0 Å². The third kappa shape index (κ3) is 11.1. The minimum atomic E-state index is -0.109. The van der Waals surface area contributed by atoms with Crippen molar-refractivity contribution in [2.75, 3.05) is 14.2 Å². The maximum absolute atomic E-state index is 12.3. The third-order valence-electron chi connectivity index (χ3n) is 5.53. The highest BCUT2D eigenvalue weighted by molar-refractivity contribution is 5.73. The lowest BCUT2D eigenvalue weighted by Crippen LogP contribution is -2.28. The molecule has 0 saturated heterocycles. The van der Waals surface area contributed by atoms with E-state index in [-0.39, 0.29) is 46.4 Å². The van der Waals surface area contributed by atoms with Crippen LogP contribution < -0.4 is 0 Å². The molecule has 0 aliphatic carbocycles. The number of carbonyl (C=O) groups is 2. The zero-order chi connectivity index (χ0) is 22.1. The van der Waals surface area contributed by atoms with Crippen LogP contribution in [-0.2, 0) is 19.1 Å². The predicted molar refractivity (Wildman–Crippen MR) is 116 cm³/mol. The molecule has 4 unspecified atom stereocenters. The van der Waals surface area contributed by atoms with Gasteiger partial charge < -0.3 is 9.47 Å². The van der Waals surface area contributed by atoms with E-state index < -0.39 is 0 Å². The molecule has 4 heteroatoms. The Labute approximate surface area is 174 Å². The lowest BCUT2D eigenvalue weighted by molar-refractivity contribution is -0.149. The zero-order valence-electron chi connectivity index (χ0n) is 20.2. The van der Waals surface area contributed by atoms with E-state index >= 15 is 0 Å². The van der Waals surface area contributed by atoms with E-state index in [4.69, 9.17) is 9.47 Å². The maximum atomic E-state index is 12.3. The molecule has 0 spiro atoms. The molecule has 0 bridgehead atoms. The first-order valence-electron chi connectivity index (χ1n) is 10.9. The lowest BCUT2D eigenvalue weighted by atomic mass is 9.76. The Morgan fingerprint density at radius 3 is 1.18 bits per heavy atom. The second kappa shape index (κ2) is 11.8. The van der Waals surface area contributed by atoms with E-state index in [1.54, 1.807) is 0 Å². The van der Waals surface area contributed by atoms with Crippen LogP contribution in [-0.4, -0.2) is 26.2 Å². The van der Waals surface area contributed by atoms with E-state index in [1.807, 2.05) is 0 Å². The van der Waals surface area contributed by atoms with Crippen molar-refractivity contribution in [2.45, 2.75) is 93.9 Å². The van der Waals surface area contributed by atoms with Gasteiger partial charge in [0.2, 0.25) is 0 Å². The Hall–Kier alpha value is -1.06. The molecule has 0 radical (unpaired) electrons. The summed E-state index contributed by atoms with van der Waals surface area (Å²) >= 11 is 0. The van der Waals surface area contributed by atoms with E-state index in [1.165, 1.54) is 14.2 Å². The van der Waals surface area contributed by atoms with E-state index in [2.05, 4.69) is 55.4 Å². The van der Waals surface area contributed by atoms with Gasteiger partial charge in [0.1, 0.15) is 0 Å². The van der Waals surface area contributed by atoms with Crippen LogP contribution in [0.25, 0.3) is 0 Å². The fourth-order valence-corrected chi connectivity index (χ4v) is 4.52. The normalized spacial score (nSPS) is 16.8. The summed E-state index contributed by atoms with van der Waals surface area (Å²) in [5.74, 6) is 0.192. The average Bonchev–Trinajstić information content (AvgIpc) is 2.53. The molecule has 0 aromatic rings. The van der Waals surface area contributed by atoms with Crippen LogP contribution in [0.4, 0.5) is 0 Å². The molecule has 0 aromatic carbocycles. The van der Waals surface area contributed by atoms with Gasteiger partial charge in [-0.3, -0.25) is 9.59 Å². The molecule has 0 aromatic heterocycles. The topological polar surface area (TPSA) is 52.6 Å². The largest absolute Gasteiger partial charge is 0.469 e. The van der Waals surface area contributed by atoms with Gasteiger partial charge in [-0.2, -0.15) is 0 Å². The second-order valence-corrected chi connectivity index (χ2v) is 11.0. The summed E-state index contributed by atoms with van der Waals surface area (Å²) in [6, 6.07) is 0. The number of carbonyl (C=O) groups excluding carboxylic acids is 2. The molecule has 4 atom stereocenters. The van der Waals surface area contributed by atoms with Gasteiger partial charge in [0.15, 0.2) is 0 Å². The van der Waals surface area contributed by atoms with Crippen LogP contribution in [0, 0.1) is 34.5 Å². The summed E-state index contributed by atoms with van der Waals surface area (Å²) in [6.45, 7) is 17.5. The molecule has 0 heterocycles. The fourth-order valence-electron chi connectivity index (χ4n) is 4.52. The van der Waals surface area contributed by atoms with Crippen LogP contribution >= 0.6 is 0 Å². The molecule has 166 valence electrons. The Morgan fingerprint density at radius 1 is 0.679 bits per heavy atom. The molecule has 0 fully saturated rings. The summed E-state index contributed by atoms with van der Waals surface area (Å²) in [4.78, 5) is 24.6. The number of unbranched alkanes of at least 4 members (excludes halogenated alkanes) is 1. The van der Waals surface area contributed by atoms with Gasteiger partial charge in [0, 0.05) is 0 Å². The van der Waals surface area contributed by atoms with Gasteiger partial charge in [-0.1, -0.05) is 68.2 Å². The number of ether oxygens (including phenoxy) is 2. The molecule has 4 nitrogen and oxygen atoms in total. The number of hydrogen-bond acceptors (Lipinski definition) is 4. The summed E-state index contributed by atoms with van der Waals surface area (Å²) in [7, 11) is 2.95. The molecule has 0 N–H and O–H groups in total. The lowest BCUT2D eigenvalue weighted by Gasteiger charge is -2.29. The highest BCUT2D eigenvalue weighted by Gasteiger charge is 2.31. The van der Waals surface area contributed by atoms with Crippen molar-refractivity contribution in [1.82, 2.24) is 0 Å². The maximum Gasteiger partial charge on any atom is 0.308 e. The number of esters is 2. The highest BCUT2D eigenvalue weighted by atomic mass is 16.5. The van der Waals surface area contributed by atoms with Crippen molar-refractivity contribution in [1.29, 1.82) is 0 Å². The monoisotopic (exact) mass is 398 g/mol. The van der Waals surface area contributed by atoms with Crippen molar-refractivity contribution >= 4 is 11.9 Å². The summed E-state index contributed by atoms with van der Waals surface area (Å²) in [6.07, 6.45) is 5.44. The Balaban J connectivity index is 4.83. The molecule has 0 aliphatic rings. The van der Waals surface area contributed by atoms with Gasteiger partial charge in [-0.05, 0) is 48.3 Å². The van der Waals surface area contributed by atoms with E-state index in [0.29, 0.717) is 0 Å². The first-order chi connectivity index (χ1) is 12.7. The first-order valence-corrected chi connectivity index (χ1v) is 10.9. The zero-order valence-corrected chi connectivity index (χ0v) is 20.2. The van der Waals surface area contributed by atoms with Crippen molar-refractivity contribution < 1.29 is 19.1 Å². The third-order valence-corrected chi connectivity index (χ3v) is 5.53. The molecular formula is C24H46O4. The van der Waals surface area contributed by atoms with Gasteiger partial charge in [-0.25, -0.2) is 0 Å². The van der Waals surface area contributed by atoms with Crippen LogP contribution in [0.3, 0.4) is 0 Å². The number of hydrogen-bond donors (Lipinski definition) is 0. The Bertz CT molecular complexity index is 426. The molecule has 28 heavy (non-hydrogen) atoms. The SMILES string of the molecule is COC(=O)C(CCCCC(C(=O)OC)C(C)CC(C)(C)C)C(C)CC(C)(C)C. The van der Waals surface area contributed by atoms with E-state index in [9.17, 15) is 9.59 Å². The van der Waals surface area contributed by atoms with Gasteiger partial charge >= 0.3 is 11.9 Å². The molecule has 0 saturated carbocycles. The molecule has 0 rings (SSSR count). The highest BCUT2D eigenvalue weighted by Crippen LogP contribution is 2.34. The molecule has 0 aliphatic heterocycles. The Morgan fingerprint density at radius 2 is 0.964 bits per heavy atom. The molecule has 0 amide bonds. The van der Waals surface area contributed by atoms with Gasteiger partial charge in [-0.15, -0.1) is 0 Å². The minimum Gasteiger partial charge on any atom is -0.469 e. The summed E-state index contributed by atoms with van der Waals surface area (Å²) < 4.78 is 10.1. The quantitative estimate of drug-likeness (QED) is 0.304. The number of rotatable bonds is 11. The first kappa shape index (κ1) is 26.9. The number of methoxy groups -OCH3 is 2. The Kier molecular flexibility index (Phi) is 11.4. The smallest absolute Gasteiger partial charge is 0.308 e. The van der Waals surface area contributed by atoms with Crippen LogP contribution in [0.15, 0.2) is 0 Å². The second-order valence-electron chi connectivity index (χ2n) is 11.0. The summed E-state index contributed by atoms with van der Waals surface area (Å²) in [5, 5.41) is 0. The fraction of sp³-hybridized carbons (Fsp3) is 0.917. The van der Waals surface area contributed by atoms with Crippen LogP contribution in [0.2, 0.25) is 0 Å². The predicted octanol–water partition coefficient (Wildman–Crippen LogP) is 6.27. The standard InChI is InChI=1S/C24H46O4/c1-17(15-23(3,4)5)19(21(25)27-9)13-11-12-14-20(22(26)28-10)18(2)16-24(6,7)8/h17-20H,11-16H2,1-10H3. The van der Waals surface area contributed by atoms with Crippen LogP contribution in [0.1, 0.15) is 93.9 Å². The summed E-state index contributed by atoms with van der Waals surface area (Å²) in [5.41, 5.74) is 0.369.